The molecule has 0 saturated carbocycles. The van der Waals surface area contributed by atoms with Gasteiger partial charge in [0.2, 0.25) is 0 Å². The van der Waals surface area contributed by atoms with E-state index in [2.05, 4.69) is 14.5 Å². The molecule has 9 heavy (non-hydrogen) atoms. The first kappa shape index (κ1) is 8.82. The van der Waals surface area contributed by atoms with E-state index < -0.39 is 12.1 Å². The molecule has 4 nitrogen and oxygen atoms in total. The Bertz CT molecular complexity index is 97.8. The zero-order valence-electron chi connectivity index (χ0n) is 4.87. The molecule has 0 aliphatic rings. The van der Waals surface area contributed by atoms with Crippen LogP contribution in [0.4, 0.5) is 0 Å². The first-order valence-electron chi connectivity index (χ1n) is 2.53. The van der Waals surface area contributed by atoms with Crippen LogP contribution >= 0.6 is 9.39 Å². The molecule has 0 radical (unpaired) electrons. The number of carboxylic acids is 1. The molecule has 0 aliphatic heterocycles. The minimum Gasteiger partial charge on any atom is -0.479 e. The molecule has 0 aromatic rings. The summed E-state index contributed by atoms with van der Waals surface area (Å²) >= 11 is 0. The van der Waals surface area contributed by atoms with Gasteiger partial charge in [0.25, 0.3) is 0 Å². The lowest BCUT2D eigenvalue weighted by atomic mass is 10.3. The number of carboxylic acid groups (broad SMARTS) is 1. The van der Waals surface area contributed by atoms with E-state index in [1.807, 2.05) is 0 Å². The number of aliphatic hydroxyl groups is 1. The Labute approximate surface area is 55.5 Å². The van der Waals surface area contributed by atoms with Crippen molar-refractivity contribution in [3.63, 3.8) is 0 Å². The fraction of sp³-hybridized carbons (Fsp3) is 0.750. The third kappa shape index (κ3) is 4.33. The molecule has 0 aromatic heterocycles. The first-order chi connectivity index (χ1) is 4.18. The summed E-state index contributed by atoms with van der Waals surface area (Å²) in [4.78, 5) is 9.92. The lowest BCUT2D eigenvalue weighted by Crippen LogP contribution is -2.22. The van der Waals surface area contributed by atoms with Crippen LogP contribution in [0, 0.1) is 0 Å². The van der Waals surface area contributed by atoms with Gasteiger partial charge in [0, 0.05) is 6.54 Å². The number of hydrogen-bond donors (Lipinski definition) is 3. The van der Waals surface area contributed by atoms with E-state index in [9.17, 15) is 4.79 Å². The number of aliphatic carboxylic acids is 1. The monoisotopic (exact) mass is 151 g/mol. The molecule has 0 rings (SSSR count). The Kier molecular flexibility index (Phi) is 4.58. The van der Waals surface area contributed by atoms with E-state index >= 15 is 0 Å². The van der Waals surface area contributed by atoms with Crippen LogP contribution in [0.1, 0.15) is 6.42 Å². The van der Waals surface area contributed by atoms with E-state index in [0.717, 1.165) is 0 Å². The Hall–Kier alpha value is -0.180. The van der Waals surface area contributed by atoms with Crippen molar-refractivity contribution < 1.29 is 15.0 Å². The Morgan fingerprint density at radius 1 is 1.78 bits per heavy atom. The lowest BCUT2D eigenvalue weighted by Gasteiger charge is -2.02. The summed E-state index contributed by atoms with van der Waals surface area (Å²) in [6.45, 7) is 0.484. The highest BCUT2D eigenvalue weighted by Crippen LogP contribution is 1.89. The Morgan fingerprint density at radius 2 is 2.33 bits per heavy atom. The van der Waals surface area contributed by atoms with Gasteiger partial charge in [-0.1, -0.05) is 9.39 Å². The average Bonchev–Trinajstić information content (AvgIpc) is 1.82. The van der Waals surface area contributed by atoms with Gasteiger partial charge >= 0.3 is 5.97 Å². The SMILES string of the molecule is O=C(O)C(O)CCNP. The molecule has 54 valence electrons. The van der Waals surface area contributed by atoms with Gasteiger partial charge in [0.15, 0.2) is 6.10 Å². The quantitative estimate of drug-likeness (QED) is 0.460. The third-order valence-corrected chi connectivity index (χ3v) is 1.14. The normalized spacial score (nSPS) is 13.1. The van der Waals surface area contributed by atoms with Crippen molar-refractivity contribution in [2.75, 3.05) is 6.54 Å². The topological polar surface area (TPSA) is 69.6 Å². The van der Waals surface area contributed by atoms with Crippen LogP contribution in [-0.2, 0) is 4.79 Å². The average molecular weight is 151 g/mol. The van der Waals surface area contributed by atoms with Crippen LogP contribution in [0.3, 0.4) is 0 Å². The predicted octanol–water partition coefficient (Wildman–Crippen LogP) is -0.798. The predicted molar refractivity (Wildman–Crippen MR) is 36.0 cm³/mol. The van der Waals surface area contributed by atoms with Gasteiger partial charge in [0.05, 0.1) is 0 Å². The second kappa shape index (κ2) is 4.68. The highest BCUT2D eigenvalue weighted by atomic mass is 31.0. The minimum atomic E-state index is -1.24. The molecule has 2 atom stereocenters. The van der Waals surface area contributed by atoms with Gasteiger partial charge in [-0.05, 0) is 6.42 Å². The fourth-order valence-electron chi connectivity index (χ4n) is 0.344. The van der Waals surface area contributed by atoms with Gasteiger partial charge < -0.3 is 15.3 Å². The maximum absolute atomic E-state index is 9.92. The maximum Gasteiger partial charge on any atom is 0.332 e. The van der Waals surface area contributed by atoms with Gasteiger partial charge in [-0.25, -0.2) is 4.79 Å². The van der Waals surface area contributed by atoms with Crippen LogP contribution in [0.15, 0.2) is 0 Å². The number of hydrogen-bond acceptors (Lipinski definition) is 3. The molecule has 0 bridgehead atoms. The van der Waals surface area contributed by atoms with E-state index in [-0.39, 0.29) is 6.42 Å². The van der Waals surface area contributed by atoms with Gasteiger partial charge in [0.1, 0.15) is 0 Å². The maximum atomic E-state index is 9.92. The number of nitrogens with one attached hydrogen (secondary N) is 1. The molecule has 0 fully saturated rings. The Balaban J connectivity index is 3.27. The van der Waals surface area contributed by atoms with Crippen molar-refractivity contribution in [1.82, 2.24) is 5.09 Å². The molecule has 0 amide bonds. The molecule has 0 saturated heterocycles. The second-order valence-electron chi connectivity index (χ2n) is 1.60. The van der Waals surface area contributed by atoms with Crippen LogP contribution in [0.25, 0.3) is 0 Å². The van der Waals surface area contributed by atoms with Gasteiger partial charge in [-0.15, -0.1) is 0 Å². The highest BCUT2D eigenvalue weighted by molar-refractivity contribution is 7.13. The van der Waals surface area contributed by atoms with E-state index in [1.165, 1.54) is 0 Å². The van der Waals surface area contributed by atoms with Crippen LogP contribution < -0.4 is 5.09 Å². The zero-order chi connectivity index (χ0) is 7.28. The molecule has 0 heterocycles. The van der Waals surface area contributed by atoms with Gasteiger partial charge in [-0.3, -0.25) is 0 Å². The smallest absolute Gasteiger partial charge is 0.332 e. The van der Waals surface area contributed by atoms with E-state index in [1.54, 1.807) is 0 Å². The fourth-order valence-corrected chi connectivity index (χ4v) is 0.510. The Morgan fingerprint density at radius 3 is 2.67 bits per heavy atom. The molecule has 0 aromatic carbocycles. The van der Waals surface area contributed by atoms with Crippen LogP contribution in [-0.4, -0.2) is 28.8 Å². The molecule has 2 unspecified atom stereocenters. The molecule has 0 spiro atoms. The summed E-state index contributed by atoms with van der Waals surface area (Å²) in [5.74, 6) is -1.17. The van der Waals surface area contributed by atoms with Crippen molar-refractivity contribution in [3.05, 3.63) is 0 Å². The first-order valence-corrected chi connectivity index (χ1v) is 3.10. The summed E-state index contributed by atoms with van der Waals surface area (Å²) in [5, 5.41) is 19.4. The molecular weight excluding hydrogens is 141 g/mol. The number of rotatable bonds is 4. The van der Waals surface area contributed by atoms with Crippen LogP contribution in [0.5, 0.6) is 0 Å². The summed E-state index contributed by atoms with van der Waals surface area (Å²) in [6, 6.07) is 0. The number of carbonyl (C=O) groups is 1. The molecule has 3 N–H and O–H groups in total. The van der Waals surface area contributed by atoms with Crippen molar-refractivity contribution in [3.8, 4) is 0 Å². The minimum absolute atomic E-state index is 0.235. The lowest BCUT2D eigenvalue weighted by molar-refractivity contribution is -0.146. The summed E-state index contributed by atoms with van der Waals surface area (Å²) < 4.78 is 0. The summed E-state index contributed by atoms with van der Waals surface area (Å²) in [6.07, 6.45) is -1.00. The standard InChI is InChI=1S/C4H10NO3P/c6-3(4(7)8)1-2-5-9/h3,5-6H,1-2,9H2,(H,7,8). The number of aliphatic hydroxyl groups excluding tert-OH is 1. The molecular formula is C4H10NO3P. The third-order valence-electron chi connectivity index (χ3n) is 0.847. The highest BCUT2D eigenvalue weighted by Gasteiger charge is 2.10. The summed E-state index contributed by atoms with van der Waals surface area (Å²) in [7, 11) is 2.22. The molecule has 5 heteroatoms. The second-order valence-corrected chi connectivity index (χ2v) is 2.01. The van der Waals surface area contributed by atoms with Crippen molar-refractivity contribution in [2.45, 2.75) is 12.5 Å². The largest absolute Gasteiger partial charge is 0.479 e. The van der Waals surface area contributed by atoms with Gasteiger partial charge in [-0.2, -0.15) is 0 Å². The molecule has 0 aliphatic carbocycles. The summed E-state index contributed by atoms with van der Waals surface area (Å²) in [5.41, 5.74) is 0. The zero-order valence-corrected chi connectivity index (χ0v) is 6.03. The van der Waals surface area contributed by atoms with Crippen molar-refractivity contribution >= 4 is 15.4 Å². The van der Waals surface area contributed by atoms with Crippen LogP contribution in [0.2, 0.25) is 0 Å². The van der Waals surface area contributed by atoms with E-state index in [4.69, 9.17) is 10.2 Å². The van der Waals surface area contributed by atoms with Crippen molar-refractivity contribution in [2.24, 2.45) is 0 Å². The van der Waals surface area contributed by atoms with E-state index in [0.29, 0.717) is 6.54 Å². The van der Waals surface area contributed by atoms with Crippen molar-refractivity contribution in [1.29, 1.82) is 0 Å².